The van der Waals surface area contributed by atoms with E-state index in [4.69, 9.17) is 0 Å². The van der Waals surface area contributed by atoms with E-state index in [0.717, 1.165) is 6.07 Å². The number of hydrogen-bond donors (Lipinski definition) is 6. The summed E-state index contributed by atoms with van der Waals surface area (Å²) >= 11 is 0. The Labute approximate surface area is 166 Å². The van der Waals surface area contributed by atoms with E-state index in [2.05, 4.69) is 10.6 Å². The molecule has 29 heavy (non-hydrogen) atoms. The van der Waals surface area contributed by atoms with Gasteiger partial charge in [0.2, 0.25) is 0 Å². The van der Waals surface area contributed by atoms with Crippen LogP contribution in [0.15, 0.2) is 36.4 Å². The number of benzene rings is 2. The molecule has 2 aromatic carbocycles. The van der Waals surface area contributed by atoms with Gasteiger partial charge >= 0.3 is 0 Å². The van der Waals surface area contributed by atoms with Crippen molar-refractivity contribution in [2.24, 2.45) is 0 Å². The largest absolute Gasteiger partial charge is 0.507 e. The molecule has 0 aromatic heterocycles. The Hall–Kier alpha value is -3.33. The highest BCUT2D eigenvalue weighted by molar-refractivity contribution is 5.98. The summed E-state index contributed by atoms with van der Waals surface area (Å²) in [4.78, 5) is 24.1. The normalized spacial score (nSPS) is 11.7. The van der Waals surface area contributed by atoms with Gasteiger partial charge < -0.3 is 31.1 Å². The van der Waals surface area contributed by atoms with Gasteiger partial charge in [-0.2, -0.15) is 0 Å². The van der Waals surface area contributed by atoms with Gasteiger partial charge in [0.15, 0.2) is 11.5 Å². The minimum Gasteiger partial charge on any atom is -0.507 e. The molecule has 156 valence electrons. The van der Waals surface area contributed by atoms with Crippen LogP contribution in [0.3, 0.4) is 0 Å². The zero-order chi connectivity index (χ0) is 21.4. The molecule has 1 atom stereocenters. The first-order valence-corrected chi connectivity index (χ1v) is 9.03. The predicted octanol–water partition coefficient (Wildman–Crippen LogP) is 1.63. The average Bonchev–Trinajstić information content (AvgIpc) is 2.68. The van der Waals surface area contributed by atoms with E-state index in [1.807, 2.05) is 0 Å². The summed E-state index contributed by atoms with van der Waals surface area (Å²) in [6.45, 7) is -0.118. The van der Waals surface area contributed by atoms with Crippen LogP contribution in [0.25, 0.3) is 0 Å². The Morgan fingerprint density at radius 3 is 2.34 bits per heavy atom. The number of nitrogens with one attached hydrogen (secondary N) is 2. The zero-order valence-electron chi connectivity index (χ0n) is 15.6. The average molecular weight is 406 g/mol. The molecule has 0 fully saturated rings. The monoisotopic (exact) mass is 406 g/mol. The van der Waals surface area contributed by atoms with Gasteiger partial charge in [-0.3, -0.25) is 9.59 Å². The van der Waals surface area contributed by atoms with Crippen molar-refractivity contribution in [3.63, 3.8) is 0 Å². The van der Waals surface area contributed by atoms with Crippen molar-refractivity contribution >= 4 is 11.8 Å². The van der Waals surface area contributed by atoms with Gasteiger partial charge in [-0.25, -0.2) is 4.39 Å². The summed E-state index contributed by atoms with van der Waals surface area (Å²) < 4.78 is 13.6. The standard InChI is InChI=1S/C20H23FN2O6/c21-14-7-4-8-15(25)17(14)20(29)22-10-2-1-5-12(11-24)23-19(28)13-6-3-9-16(26)18(13)27/h3-4,6-9,12,24-27H,1-2,5,10-11H2,(H,22,29)(H,23,28). The lowest BCUT2D eigenvalue weighted by molar-refractivity contribution is 0.0908. The molecule has 0 heterocycles. The Morgan fingerprint density at radius 2 is 1.66 bits per heavy atom. The summed E-state index contributed by atoms with van der Waals surface area (Å²) in [6.07, 6.45) is 1.41. The number of aliphatic hydroxyl groups excluding tert-OH is 1. The Morgan fingerprint density at radius 1 is 0.966 bits per heavy atom. The molecular weight excluding hydrogens is 383 g/mol. The van der Waals surface area contributed by atoms with Crippen LogP contribution in [0.4, 0.5) is 4.39 Å². The second-order valence-electron chi connectivity index (χ2n) is 6.41. The number of aliphatic hydroxyl groups is 1. The maximum atomic E-state index is 13.6. The third-order valence-corrected chi connectivity index (χ3v) is 4.30. The van der Waals surface area contributed by atoms with E-state index in [-0.39, 0.29) is 18.7 Å². The molecule has 1 unspecified atom stereocenters. The van der Waals surface area contributed by atoms with Gasteiger partial charge in [-0.15, -0.1) is 0 Å². The number of phenols is 3. The lowest BCUT2D eigenvalue weighted by Crippen LogP contribution is -2.37. The first-order chi connectivity index (χ1) is 13.8. The van der Waals surface area contributed by atoms with Crippen molar-refractivity contribution in [3.05, 3.63) is 53.3 Å². The lowest BCUT2D eigenvalue weighted by Gasteiger charge is -2.17. The van der Waals surface area contributed by atoms with E-state index in [1.165, 1.54) is 30.3 Å². The number of aromatic hydroxyl groups is 3. The predicted molar refractivity (Wildman–Crippen MR) is 102 cm³/mol. The smallest absolute Gasteiger partial charge is 0.258 e. The Balaban J connectivity index is 1.78. The summed E-state index contributed by atoms with van der Waals surface area (Å²) in [5, 5.41) is 43.3. The first kappa shape index (κ1) is 22.0. The van der Waals surface area contributed by atoms with Gasteiger partial charge in [0, 0.05) is 6.54 Å². The molecule has 6 N–H and O–H groups in total. The van der Waals surface area contributed by atoms with Gasteiger partial charge in [-0.1, -0.05) is 12.1 Å². The third kappa shape index (κ3) is 5.82. The molecule has 0 aliphatic rings. The van der Waals surface area contributed by atoms with Crippen LogP contribution in [0.2, 0.25) is 0 Å². The highest BCUT2D eigenvalue weighted by Gasteiger charge is 2.18. The molecule has 2 amide bonds. The number of amides is 2. The number of carbonyl (C=O) groups is 2. The van der Waals surface area contributed by atoms with Crippen molar-refractivity contribution in [2.75, 3.05) is 13.2 Å². The molecule has 2 rings (SSSR count). The van der Waals surface area contributed by atoms with Crippen LogP contribution in [-0.4, -0.2) is 51.4 Å². The minimum absolute atomic E-state index is 0.111. The minimum atomic E-state index is -0.819. The number of para-hydroxylation sites is 1. The van der Waals surface area contributed by atoms with E-state index < -0.39 is 46.5 Å². The van der Waals surface area contributed by atoms with Crippen LogP contribution in [0, 0.1) is 5.82 Å². The number of carbonyl (C=O) groups excluding carboxylic acids is 2. The number of phenolic OH excluding ortho intramolecular Hbond substituents is 3. The molecule has 2 aromatic rings. The van der Waals surface area contributed by atoms with Crippen molar-refractivity contribution in [3.8, 4) is 17.2 Å². The summed E-state index contributed by atoms with van der Waals surface area (Å²) in [7, 11) is 0. The van der Waals surface area contributed by atoms with Crippen LogP contribution in [0.1, 0.15) is 40.0 Å². The fraction of sp³-hybridized carbons (Fsp3) is 0.300. The van der Waals surface area contributed by atoms with Gasteiger partial charge in [0.1, 0.15) is 17.1 Å². The second-order valence-corrected chi connectivity index (χ2v) is 6.41. The molecular formula is C20H23FN2O6. The highest BCUT2D eigenvalue weighted by Crippen LogP contribution is 2.28. The number of hydrogen-bond acceptors (Lipinski definition) is 6. The Bertz CT molecular complexity index is 854. The van der Waals surface area contributed by atoms with E-state index in [1.54, 1.807) is 0 Å². The Kier molecular flexibility index (Phi) is 7.79. The van der Waals surface area contributed by atoms with Gasteiger partial charge in [0.25, 0.3) is 11.8 Å². The molecule has 9 heteroatoms. The molecule has 0 aliphatic carbocycles. The van der Waals surface area contributed by atoms with E-state index >= 15 is 0 Å². The molecule has 0 aliphatic heterocycles. The van der Waals surface area contributed by atoms with E-state index in [9.17, 15) is 34.4 Å². The van der Waals surface area contributed by atoms with Gasteiger partial charge in [-0.05, 0) is 43.5 Å². The molecule has 0 bridgehead atoms. The maximum Gasteiger partial charge on any atom is 0.258 e. The second kappa shape index (κ2) is 10.3. The van der Waals surface area contributed by atoms with Gasteiger partial charge in [0.05, 0.1) is 18.2 Å². The number of rotatable bonds is 9. The fourth-order valence-electron chi connectivity index (χ4n) is 2.73. The van der Waals surface area contributed by atoms with E-state index in [0.29, 0.717) is 19.3 Å². The molecule has 0 radical (unpaired) electrons. The van der Waals surface area contributed by atoms with Crippen LogP contribution in [-0.2, 0) is 0 Å². The van der Waals surface area contributed by atoms with Crippen molar-refractivity contribution in [1.29, 1.82) is 0 Å². The number of halogens is 1. The first-order valence-electron chi connectivity index (χ1n) is 9.03. The summed E-state index contributed by atoms with van der Waals surface area (Å²) in [5.41, 5.74) is -0.528. The van der Waals surface area contributed by atoms with Crippen molar-refractivity contribution in [1.82, 2.24) is 10.6 Å². The molecule has 8 nitrogen and oxygen atoms in total. The number of unbranched alkanes of at least 4 members (excludes halogenated alkanes) is 1. The van der Waals surface area contributed by atoms with Crippen molar-refractivity contribution < 1.29 is 34.4 Å². The molecule has 0 saturated carbocycles. The van der Waals surface area contributed by atoms with Crippen molar-refractivity contribution in [2.45, 2.75) is 25.3 Å². The lowest BCUT2D eigenvalue weighted by atomic mass is 10.1. The van der Waals surface area contributed by atoms with Crippen LogP contribution in [0.5, 0.6) is 17.2 Å². The zero-order valence-corrected chi connectivity index (χ0v) is 15.6. The van der Waals surface area contributed by atoms with Crippen LogP contribution >= 0.6 is 0 Å². The summed E-state index contributed by atoms with van der Waals surface area (Å²) in [5.74, 6) is -3.59. The summed E-state index contributed by atoms with van der Waals surface area (Å²) in [6, 6.07) is 6.99. The molecule has 0 saturated heterocycles. The fourth-order valence-corrected chi connectivity index (χ4v) is 2.73. The quantitative estimate of drug-likeness (QED) is 0.276. The maximum absolute atomic E-state index is 13.6. The molecule has 0 spiro atoms. The van der Waals surface area contributed by atoms with Crippen LogP contribution < -0.4 is 10.6 Å². The SMILES string of the molecule is O=C(NC(CO)CCCCNC(=O)c1c(O)cccc1F)c1cccc(O)c1O. The third-order valence-electron chi connectivity index (χ3n) is 4.30. The topological polar surface area (TPSA) is 139 Å². The highest BCUT2D eigenvalue weighted by atomic mass is 19.1.